The lowest BCUT2D eigenvalue weighted by Gasteiger charge is -2.28. The highest BCUT2D eigenvalue weighted by Crippen LogP contribution is 2.39. The molecule has 0 saturated carbocycles. The lowest BCUT2D eigenvalue weighted by Crippen LogP contribution is -2.26. The van der Waals surface area contributed by atoms with Crippen LogP contribution in [-0.4, -0.2) is 11.4 Å². The van der Waals surface area contributed by atoms with Crippen molar-refractivity contribution in [2.75, 3.05) is 6.61 Å². The van der Waals surface area contributed by atoms with Gasteiger partial charge in [0.05, 0.1) is 22.7 Å². The monoisotopic (exact) mass is 435 g/mol. The molecule has 0 aliphatic carbocycles. The summed E-state index contributed by atoms with van der Waals surface area (Å²) < 4.78 is 34.6. The minimum absolute atomic E-state index is 0.0136. The van der Waals surface area contributed by atoms with E-state index in [4.69, 9.17) is 4.74 Å². The Morgan fingerprint density at radius 3 is 2.30 bits per heavy atom. The van der Waals surface area contributed by atoms with Gasteiger partial charge in [-0.25, -0.2) is 8.78 Å². The largest absolute Gasteiger partial charge is 0.494 e. The second kappa shape index (κ2) is 9.70. The van der Waals surface area contributed by atoms with Gasteiger partial charge < -0.3 is 10.1 Å². The van der Waals surface area contributed by atoms with E-state index in [1.807, 2.05) is 44.2 Å². The Hall–Kier alpha value is -2.14. The molecule has 144 valence electrons. The molecule has 1 unspecified atom stereocenters. The van der Waals surface area contributed by atoms with Gasteiger partial charge in [0, 0.05) is 17.8 Å². The first-order valence-electron chi connectivity index (χ1n) is 9.02. The number of hydrogen-bond acceptors (Lipinski definition) is 2. The molecule has 0 aromatic heterocycles. The summed E-state index contributed by atoms with van der Waals surface area (Å²) in [6.07, 6.45) is 0.581. The summed E-state index contributed by atoms with van der Waals surface area (Å²) in [7, 11) is 0. The first-order chi connectivity index (χ1) is 13.0. The van der Waals surface area contributed by atoms with Crippen molar-refractivity contribution in [2.24, 2.45) is 0 Å². The van der Waals surface area contributed by atoms with Gasteiger partial charge in [-0.05, 0) is 24.5 Å². The lowest BCUT2D eigenvalue weighted by molar-refractivity contribution is 0.335. The van der Waals surface area contributed by atoms with E-state index in [1.165, 1.54) is 12.1 Å². The summed E-state index contributed by atoms with van der Waals surface area (Å²) in [5, 5.41) is 3.08. The molecule has 2 aromatic carbocycles. The topological polar surface area (TPSA) is 21.3 Å². The van der Waals surface area contributed by atoms with Crippen LogP contribution in [0.4, 0.5) is 8.78 Å². The van der Waals surface area contributed by atoms with Crippen molar-refractivity contribution in [2.45, 2.75) is 32.0 Å². The molecule has 1 heterocycles. The highest BCUT2D eigenvalue weighted by molar-refractivity contribution is 9.09. The second-order valence-electron chi connectivity index (χ2n) is 5.74. The maximum absolute atomic E-state index is 14.7. The number of benzene rings is 2. The van der Waals surface area contributed by atoms with E-state index < -0.39 is 11.6 Å². The zero-order valence-corrected chi connectivity index (χ0v) is 17.4. The van der Waals surface area contributed by atoms with Crippen LogP contribution < -0.4 is 10.1 Å². The summed E-state index contributed by atoms with van der Waals surface area (Å²) in [5.74, 6) is -1.16. The van der Waals surface area contributed by atoms with Gasteiger partial charge in [-0.1, -0.05) is 66.7 Å². The van der Waals surface area contributed by atoms with E-state index in [2.05, 4.69) is 27.8 Å². The Balaban J connectivity index is 0.00000126. The van der Waals surface area contributed by atoms with Crippen molar-refractivity contribution in [3.8, 4) is 5.75 Å². The molecule has 2 aromatic rings. The van der Waals surface area contributed by atoms with Crippen molar-refractivity contribution in [1.29, 1.82) is 0 Å². The molecule has 5 heteroatoms. The van der Waals surface area contributed by atoms with Crippen molar-refractivity contribution in [1.82, 2.24) is 5.32 Å². The Morgan fingerprint density at radius 1 is 1.15 bits per heavy atom. The smallest absolute Gasteiger partial charge is 0.139 e. The van der Waals surface area contributed by atoms with Crippen molar-refractivity contribution in [3.05, 3.63) is 77.5 Å². The van der Waals surface area contributed by atoms with Gasteiger partial charge in [0.2, 0.25) is 0 Å². The first-order valence-corrected chi connectivity index (χ1v) is 9.93. The highest BCUT2D eigenvalue weighted by atomic mass is 79.9. The van der Waals surface area contributed by atoms with Gasteiger partial charge in [-0.2, -0.15) is 0 Å². The third-order valence-corrected chi connectivity index (χ3v) is 4.92. The van der Waals surface area contributed by atoms with Crippen LogP contribution in [0.3, 0.4) is 0 Å². The average molecular weight is 436 g/mol. The predicted octanol–water partition coefficient (Wildman–Crippen LogP) is 6.53. The van der Waals surface area contributed by atoms with Crippen molar-refractivity contribution < 1.29 is 13.5 Å². The molecular formula is C22H24BrF2NO. The summed E-state index contributed by atoms with van der Waals surface area (Å²) in [5.41, 5.74) is 2.72. The van der Waals surface area contributed by atoms with Crippen molar-refractivity contribution in [3.63, 3.8) is 0 Å². The van der Waals surface area contributed by atoms with Crippen LogP contribution in [0, 0.1) is 11.6 Å². The number of halogens is 3. The van der Waals surface area contributed by atoms with Gasteiger partial charge in [0.25, 0.3) is 0 Å². The van der Waals surface area contributed by atoms with Gasteiger partial charge in [0.1, 0.15) is 17.4 Å². The average Bonchev–Trinajstić information content (AvgIpc) is 2.66. The molecule has 3 rings (SSSR count). The number of rotatable bonds is 4. The van der Waals surface area contributed by atoms with E-state index in [0.29, 0.717) is 24.4 Å². The van der Waals surface area contributed by atoms with Gasteiger partial charge >= 0.3 is 0 Å². The molecule has 0 spiro atoms. The molecule has 0 amide bonds. The summed E-state index contributed by atoms with van der Waals surface area (Å²) >= 11 is 3.56. The fourth-order valence-corrected chi connectivity index (χ4v) is 3.31. The Bertz CT molecular complexity index is 810. The standard InChI is InChI=1S/C20H18BrF2NO.C2H6/c1-3-25-14-9-17(22)19(18(23)10-14)20-15(11-16(21)12(2)24-20)13-7-5-4-6-8-13;1-2/h4-10,16,24H,2-3,11H2,1H3;1-2H3. The van der Waals surface area contributed by atoms with Crippen LogP contribution in [0.25, 0.3) is 11.3 Å². The molecular weight excluding hydrogens is 412 g/mol. The molecule has 0 radical (unpaired) electrons. The number of hydrogen-bond donors (Lipinski definition) is 1. The third kappa shape index (κ3) is 4.78. The van der Waals surface area contributed by atoms with Crippen molar-refractivity contribution >= 4 is 27.2 Å². The fourth-order valence-electron chi connectivity index (χ4n) is 2.87. The van der Waals surface area contributed by atoms with Gasteiger partial charge in [0.15, 0.2) is 0 Å². The van der Waals surface area contributed by atoms with Crippen LogP contribution in [0.1, 0.15) is 38.3 Å². The van der Waals surface area contributed by atoms with E-state index in [1.54, 1.807) is 6.92 Å². The summed E-state index contributed by atoms with van der Waals surface area (Å²) in [6.45, 7) is 10.1. The van der Waals surface area contributed by atoms with Gasteiger partial charge in [-0.15, -0.1) is 0 Å². The molecule has 1 aliphatic heterocycles. The fraction of sp³-hybridized carbons (Fsp3) is 0.273. The summed E-state index contributed by atoms with van der Waals surface area (Å²) in [6, 6.07) is 12.0. The molecule has 1 aliphatic rings. The number of alkyl halides is 1. The summed E-state index contributed by atoms with van der Waals surface area (Å²) in [4.78, 5) is -0.0136. The molecule has 0 bridgehead atoms. The van der Waals surface area contributed by atoms with E-state index in [-0.39, 0.29) is 16.1 Å². The maximum Gasteiger partial charge on any atom is 0.139 e. The van der Waals surface area contributed by atoms with E-state index >= 15 is 0 Å². The Morgan fingerprint density at radius 2 is 1.74 bits per heavy atom. The number of nitrogens with one attached hydrogen (secondary N) is 1. The molecule has 0 saturated heterocycles. The minimum atomic E-state index is -0.666. The molecule has 1 N–H and O–H groups in total. The molecule has 1 atom stereocenters. The SMILES string of the molecule is C=C1NC(c2c(F)cc(OCC)cc2F)=C(c2ccccc2)CC1Br.CC. The predicted molar refractivity (Wildman–Crippen MR) is 112 cm³/mol. The third-order valence-electron chi connectivity index (χ3n) is 4.05. The maximum atomic E-state index is 14.7. The van der Waals surface area contributed by atoms with E-state index in [9.17, 15) is 8.78 Å². The quantitative estimate of drug-likeness (QED) is 0.551. The van der Waals surface area contributed by atoms with Crippen LogP contribution in [0.15, 0.2) is 54.7 Å². The van der Waals surface area contributed by atoms with Gasteiger partial charge in [-0.3, -0.25) is 0 Å². The normalized spacial score (nSPS) is 16.4. The van der Waals surface area contributed by atoms with Crippen LogP contribution in [0.5, 0.6) is 5.75 Å². The first kappa shape index (κ1) is 21.2. The van der Waals surface area contributed by atoms with Crippen LogP contribution >= 0.6 is 15.9 Å². The molecule has 2 nitrogen and oxygen atoms in total. The molecule has 27 heavy (non-hydrogen) atoms. The molecule has 0 fully saturated rings. The Kier molecular flexibility index (Phi) is 7.60. The number of allylic oxidation sites excluding steroid dienone is 2. The van der Waals surface area contributed by atoms with E-state index in [0.717, 1.165) is 11.1 Å². The van der Waals surface area contributed by atoms with Crippen LogP contribution in [-0.2, 0) is 0 Å². The minimum Gasteiger partial charge on any atom is -0.494 e. The number of ether oxygens (including phenoxy) is 1. The Labute approximate surface area is 168 Å². The zero-order chi connectivity index (χ0) is 20.0. The second-order valence-corrected chi connectivity index (χ2v) is 6.84. The van der Waals surface area contributed by atoms with Crippen LogP contribution in [0.2, 0.25) is 0 Å². The lowest BCUT2D eigenvalue weighted by atomic mass is 9.91. The zero-order valence-electron chi connectivity index (χ0n) is 15.8. The highest BCUT2D eigenvalue weighted by Gasteiger charge is 2.27.